The van der Waals surface area contributed by atoms with E-state index in [-0.39, 0.29) is 0 Å². The van der Waals surface area contributed by atoms with Crippen LogP contribution in [0.5, 0.6) is 0 Å². The van der Waals surface area contributed by atoms with E-state index in [0.29, 0.717) is 24.5 Å². The fourth-order valence-corrected chi connectivity index (χ4v) is 1.20. The van der Waals surface area contributed by atoms with Gasteiger partial charge < -0.3 is 0 Å². The quantitative estimate of drug-likeness (QED) is 0.622. The molecular formula is C7H8N2O. The summed E-state index contributed by atoms with van der Waals surface area (Å²) in [5.74, 6) is 0.787. The van der Waals surface area contributed by atoms with Crippen molar-refractivity contribution in [1.82, 2.24) is 10.2 Å². The Kier molecular flexibility index (Phi) is 1.09. The summed E-state index contributed by atoms with van der Waals surface area (Å²) in [5, 5.41) is 6.67. The lowest BCUT2D eigenvalue weighted by Crippen LogP contribution is -2.21. The summed E-state index contributed by atoms with van der Waals surface area (Å²) in [7, 11) is 0. The highest BCUT2D eigenvalue weighted by Crippen LogP contribution is 2.31. The predicted octanol–water partition coefficient (Wildman–Crippen LogP) is 0.856. The molecule has 0 unspecified atom stereocenters. The SMILES string of the molecule is O=C1CC(c2ccn[nH]2)C1. The standard InChI is InChI=1S/C7H8N2O/c10-6-3-5(4-6)7-1-2-8-9-7/h1-2,5H,3-4H2,(H,8,9). The highest BCUT2D eigenvalue weighted by Gasteiger charge is 2.28. The van der Waals surface area contributed by atoms with Gasteiger partial charge in [0, 0.05) is 30.7 Å². The number of nitrogens with one attached hydrogen (secondary N) is 1. The van der Waals surface area contributed by atoms with Gasteiger partial charge in [0.1, 0.15) is 5.78 Å². The third-order valence-corrected chi connectivity index (χ3v) is 1.91. The van der Waals surface area contributed by atoms with E-state index in [1.54, 1.807) is 6.20 Å². The van der Waals surface area contributed by atoms with Crippen LogP contribution >= 0.6 is 0 Å². The monoisotopic (exact) mass is 136 g/mol. The number of aromatic amines is 1. The summed E-state index contributed by atoms with van der Waals surface area (Å²) < 4.78 is 0. The van der Waals surface area contributed by atoms with E-state index in [0.717, 1.165) is 5.69 Å². The second kappa shape index (κ2) is 1.94. The molecule has 0 saturated heterocycles. The molecule has 0 aliphatic heterocycles. The van der Waals surface area contributed by atoms with Crippen molar-refractivity contribution in [2.75, 3.05) is 0 Å². The molecule has 2 rings (SSSR count). The third kappa shape index (κ3) is 0.744. The Hall–Kier alpha value is -1.12. The topological polar surface area (TPSA) is 45.8 Å². The van der Waals surface area contributed by atoms with Crippen LogP contribution in [0.1, 0.15) is 24.5 Å². The minimum atomic E-state index is 0.361. The first-order valence-electron chi connectivity index (χ1n) is 3.37. The predicted molar refractivity (Wildman–Crippen MR) is 35.6 cm³/mol. The van der Waals surface area contributed by atoms with Crippen LogP contribution in [0.2, 0.25) is 0 Å². The van der Waals surface area contributed by atoms with Gasteiger partial charge in [-0.1, -0.05) is 0 Å². The average molecular weight is 136 g/mol. The molecule has 3 heteroatoms. The normalized spacial score (nSPS) is 19.0. The Balaban J connectivity index is 2.10. The molecule has 3 nitrogen and oxygen atoms in total. The van der Waals surface area contributed by atoms with Crippen molar-refractivity contribution in [2.24, 2.45) is 0 Å². The van der Waals surface area contributed by atoms with Gasteiger partial charge in [-0.05, 0) is 6.07 Å². The van der Waals surface area contributed by atoms with Crippen molar-refractivity contribution in [3.8, 4) is 0 Å². The van der Waals surface area contributed by atoms with Gasteiger partial charge in [-0.3, -0.25) is 9.89 Å². The third-order valence-electron chi connectivity index (χ3n) is 1.91. The van der Waals surface area contributed by atoms with E-state index >= 15 is 0 Å². The second-order valence-electron chi connectivity index (χ2n) is 2.66. The number of carbonyl (C=O) groups is 1. The molecule has 1 fully saturated rings. The van der Waals surface area contributed by atoms with Gasteiger partial charge in [-0.15, -0.1) is 0 Å². The molecule has 1 aliphatic rings. The molecule has 10 heavy (non-hydrogen) atoms. The number of nitrogens with zero attached hydrogens (tertiary/aromatic N) is 1. The molecule has 1 saturated carbocycles. The lowest BCUT2D eigenvalue weighted by atomic mass is 9.82. The number of H-pyrrole nitrogens is 1. The first kappa shape index (κ1) is 5.65. The van der Waals surface area contributed by atoms with Crippen molar-refractivity contribution in [1.29, 1.82) is 0 Å². The van der Waals surface area contributed by atoms with Crippen molar-refractivity contribution in [2.45, 2.75) is 18.8 Å². The van der Waals surface area contributed by atoms with E-state index in [1.165, 1.54) is 0 Å². The molecule has 52 valence electrons. The summed E-state index contributed by atoms with van der Waals surface area (Å²) >= 11 is 0. The van der Waals surface area contributed by atoms with Gasteiger partial charge in [0.2, 0.25) is 0 Å². The van der Waals surface area contributed by atoms with Crippen LogP contribution in [0.25, 0.3) is 0 Å². The summed E-state index contributed by atoms with van der Waals surface area (Å²) in [6.45, 7) is 0. The average Bonchev–Trinajstić information content (AvgIpc) is 2.31. The summed E-state index contributed by atoms with van der Waals surface area (Å²) in [6.07, 6.45) is 3.11. The highest BCUT2D eigenvalue weighted by atomic mass is 16.1. The first-order chi connectivity index (χ1) is 4.86. The highest BCUT2D eigenvalue weighted by molar-refractivity contribution is 5.86. The Bertz CT molecular complexity index is 232. The summed E-state index contributed by atoms with van der Waals surface area (Å²) in [5.41, 5.74) is 1.10. The fourth-order valence-electron chi connectivity index (χ4n) is 1.20. The van der Waals surface area contributed by atoms with Crippen LogP contribution in [0.15, 0.2) is 12.3 Å². The van der Waals surface area contributed by atoms with Crippen molar-refractivity contribution in [3.05, 3.63) is 18.0 Å². The maximum Gasteiger partial charge on any atom is 0.134 e. The van der Waals surface area contributed by atoms with Gasteiger partial charge >= 0.3 is 0 Å². The Morgan fingerprint density at radius 3 is 2.90 bits per heavy atom. The zero-order valence-corrected chi connectivity index (χ0v) is 5.50. The van der Waals surface area contributed by atoms with E-state index in [2.05, 4.69) is 10.2 Å². The van der Waals surface area contributed by atoms with Crippen LogP contribution in [0, 0.1) is 0 Å². The maximum absolute atomic E-state index is 10.6. The van der Waals surface area contributed by atoms with Crippen LogP contribution in [-0.4, -0.2) is 16.0 Å². The van der Waals surface area contributed by atoms with Crippen molar-refractivity contribution < 1.29 is 4.79 Å². The molecule has 0 amide bonds. The molecular weight excluding hydrogens is 128 g/mol. The Labute approximate surface area is 58.4 Å². The zero-order chi connectivity index (χ0) is 6.97. The minimum absolute atomic E-state index is 0.361. The molecule has 0 aromatic carbocycles. The summed E-state index contributed by atoms with van der Waals surface area (Å²) in [6, 6.07) is 1.93. The van der Waals surface area contributed by atoms with Gasteiger partial charge in [-0.2, -0.15) is 5.10 Å². The van der Waals surface area contributed by atoms with Crippen LogP contribution in [0.3, 0.4) is 0 Å². The largest absolute Gasteiger partial charge is 0.300 e. The lowest BCUT2D eigenvalue weighted by molar-refractivity contribution is -0.124. The zero-order valence-electron chi connectivity index (χ0n) is 5.50. The fraction of sp³-hybridized carbons (Fsp3) is 0.429. The van der Waals surface area contributed by atoms with Crippen LogP contribution in [0.4, 0.5) is 0 Å². The number of hydrogen-bond acceptors (Lipinski definition) is 2. The second-order valence-corrected chi connectivity index (χ2v) is 2.66. The Morgan fingerprint density at radius 1 is 1.60 bits per heavy atom. The molecule has 1 heterocycles. The molecule has 1 aliphatic carbocycles. The van der Waals surface area contributed by atoms with E-state index in [1.807, 2.05) is 6.07 Å². The molecule has 1 aromatic heterocycles. The first-order valence-corrected chi connectivity index (χ1v) is 3.37. The molecule has 1 aromatic rings. The molecule has 1 N–H and O–H groups in total. The number of aromatic nitrogens is 2. The molecule has 0 radical (unpaired) electrons. The van der Waals surface area contributed by atoms with Crippen LogP contribution in [-0.2, 0) is 4.79 Å². The van der Waals surface area contributed by atoms with E-state index in [9.17, 15) is 4.79 Å². The molecule has 0 atom stereocenters. The number of ketones is 1. The number of carbonyl (C=O) groups excluding carboxylic acids is 1. The van der Waals surface area contributed by atoms with Crippen LogP contribution < -0.4 is 0 Å². The smallest absolute Gasteiger partial charge is 0.134 e. The van der Waals surface area contributed by atoms with Gasteiger partial charge in [0.25, 0.3) is 0 Å². The van der Waals surface area contributed by atoms with Crippen molar-refractivity contribution in [3.63, 3.8) is 0 Å². The summed E-state index contributed by atoms with van der Waals surface area (Å²) in [4.78, 5) is 10.6. The number of Topliss-reactive ketones (excluding diaryl/α,β-unsaturated/α-hetero) is 1. The number of rotatable bonds is 1. The molecule has 0 spiro atoms. The minimum Gasteiger partial charge on any atom is -0.300 e. The number of hydrogen-bond donors (Lipinski definition) is 1. The van der Waals surface area contributed by atoms with Gasteiger partial charge in [0.15, 0.2) is 0 Å². The Morgan fingerprint density at radius 2 is 2.40 bits per heavy atom. The lowest BCUT2D eigenvalue weighted by Gasteiger charge is -2.21. The van der Waals surface area contributed by atoms with E-state index < -0.39 is 0 Å². The van der Waals surface area contributed by atoms with Gasteiger partial charge in [-0.25, -0.2) is 0 Å². The van der Waals surface area contributed by atoms with Crippen molar-refractivity contribution >= 4 is 5.78 Å². The van der Waals surface area contributed by atoms with E-state index in [4.69, 9.17) is 0 Å². The van der Waals surface area contributed by atoms with Gasteiger partial charge in [0.05, 0.1) is 0 Å². The molecule has 0 bridgehead atoms. The maximum atomic E-state index is 10.6.